The molecule has 1 aliphatic heterocycles. The highest BCUT2D eigenvalue weighted by Crippen LogP contribution is 2.21. The lowest BCUT2D eigenvalue weighted by molar-refractivity contribution is 0.188. The molecule has 1 atom stereocenters. The van der Waals surface area contributed by atoms with Crippen LogP contribution < -0.4 is 14.8 Å². The molecule has 25 heavy (non-hydrogen) atoms. The summed E-state index contributed by atoms with van der Waals surface area (Å²) < 4.78 is 37.8. The first-order chi connectivity index (χ1) is 12.1. The third-order valence-electron chi connectivity index (χ3n) is 3.74. The minimum absolute atomic E-state index is 0.273. The Kier molecular flexibility index (Phi) is 4.92. The topological polar surface area (TPSA) is 76.6 Å². The summed E-state index contributed by atoms with van der Waals surface area (Å²) in [5.41, 5.74) is -0.460. The fourth-order valence-corrected chi connectivity index (χ4v) is 2.46. The molecular weight excluding hydrogens is 334 g/mol. The zero-order valence-electron chi connectivity index (χ0n) is 13.4. The highest BCUT2D eigenvalue weighted by Gasteiger charge is 2.29. The van der Waals surface area contributed by atoms with Gasteiger partial charge in [-0.2, -0.15) is 0 Å². The highest BCUT2D eigenvalue weighted by molar-refractivity contribution is 5.89. The molecule has 1 fully saturated rings. The number of carbonyl (C=O) groups is 1. The Morgan fingerprint density at radius 1 is 1.20 bits per heavy atom. The third kappa shape index (κ3) is 3.93. The minimum atomic E-state index is -0.825. The van der Waals surface area contributed by atoms with Crippen LogP contribution in [0.2, 0.25) is 0 Å². The van der Waals surface area contributed by atoms with Crippen molar-refractivity contribution in [3.63, 3.8) is 0 Å². The van der Waals surface area contributed by atoms with Crippen LogP contribution in [0.4, 0.5) is 19.3 Å². The molecule has 7 nitrogen and oxygen atoms in total. The van der Waals surface area contributed by atoms with Gasteiger partial charge >= 0.3 is 6.03 Å². The van der Waals surface area contributed by atoms with Gasteiger partial charge in [-0.1, -0.05) is 6.07 Å². The van der Waals surface area contributed by atoms with Crippen LogP contribution in [0.25, 0.3) is 0 Å². The molecular formula is C16H16F2N4O3. The van der Waals surface area contributed by atoms with Crippen molar-refractivity contribution < 1.29 is 23.0 Å². The van der Waals surface area contributed by atoms with Crippen LogP contribution in [0.1, 0.15) is 6.42 Å². The molecule has 2 heterocycles. The number of likely N-dealkylation sites (tertiary alicyclic amines) is 1. The number of urea groups is 1. The van der Waals surface area contributed by atoms with Gasteiger partial charge in [0.25, 0.3) is 0 Å². The molecule has 0 spiro atoms. The second-order valence-electron chi connectivity index (χ2n) is 5.42. The molecule has 1 saturated heterocycles. The first-order valence-electron chi connectivity index (χ1n) is 7.61. The SMILES string of the molecule is COc1ccc(OC2CCN(C(=O)Nc3c(F)cccc3F)C2)nn1. The quantitative estimate of drug-likeness (QED) is 0.917. The fraction of sp³-hybridized carbons (Fsp3) is 0.312. The molecule has 1 aromatic carbocycles. The number of hydrogen-bond donors (Lipinski definition) is 1. The van der Waals surface area contributed by atoms with E-state index in [1.807, 2.05) is 0 Å². The third-order valence-corrected chi connectivity index (χ3v) is 3.74. The first kappa shape index (κ1) is 16.9. The monoisotopic (exact) mass is 350 g/mol. The van der Waals surface area contributed by atoms with Crippen LogP contribution in [0, 0.1) is 11.6 Å². The Morgan fingerprint density at radius 2 is 1.88 bits per heavy atom. The summed E-state index contributed by atoms with van der Waals surface area (Å²) in [6.45, 7) is 0.672. The zero-order valence-corrected chi connectivity index (χ0v) is 13.4. The van der Waals surface area contributed by atoms with E-state index < -0.39 is 23.4 Å². The summed E-state index contributed by atoms with van der Waals surface area (Å²) in [7, 11) is 1.48. The van der Waals surface area contributed by atoms with E-state index in [-0.39, 0.29) is 12.6 Å². The summed E-state index contributed by atoms with van der Waals surface area (Å²) in [5, 5.41) is 9.91. The Hall–Kier alpha value is -2.97. The minimum Gasteiger partial charge on any atom is -0.480 e. The lowest BCUT2D eigenvalue weighted by Crippen LogP contribution is -2.35. The molecule has 2 amide bonds. The predicted molar refractivity (Wildman–Crippen MR) is 84.6 cm³/mol. The number of hydrogen-bond acceptors (Lipinski definition) is 5. The number of benzene rings is 1. The maximum absolute atomic E-state index is 13.6. The number of nitrogens with zero attached hydrogens (tertiary/aromatic N) is 3. The van der Waals surface area contributed by atoms with Gasteiger partial charge in [0.15, 0.2) is 0 Å². The van der Waals surface area contributed by atoms with Gasteiger partial charge in [0.2, 0.25) is 11.8 Å². The van der Waals surface area contributed by atoms with E-state index in [1.54, 1.807) is 12.1 Å². The summed E-state index contributed by atoms with van der Waals surface area (Å²) in [5.74, 6) is -0.970. The molecule has 1 aromatic heterocycles. The number of carbonyl (C=O) groups excluding carboxylic acids is 1. The van der Waals surface area contributed by atoms with Crippen LogP contribution >= 0.6 is 0 Å². The number of ether oxygens (including phenoxy) is 2. The van der Waals surface area contributed by atoms with E-state index in [9.17, 15) is 13.6 Å². The summed E-state index contributed by atoms with van der Waals surface area (Å²) >= 11 is 0. The number of halogens is 2. The smallest absolute Gasteiger partial charge is 0.322 e. The number of methoxy groups -OCH3 is 1. The summed E-state index contributed by atoms with van der Waals surface area (Å²) in [6, 6.07) is 6.03. The fourth-order valence-electron chi connectivity index (χ4n) is 2.46. The highest BCUT2D eigenvalue weighted by atomic mass is 19.1. The van der Waals surface area contributed by atoms with Gasteiger partial charge in [0, 0.05) is 25.1 Å². The standard InChI is InChI=1S/C16H16F2N4O3/c1-24-13-5-6-14(21-20-13)25-10-7-8-22(9-10)16(23)19-15-11(17)3-2-4-12(15)18/h2-6,10H,7-9H2,1H3,(H,19,23). The van der Waals surface area contributed by atoms with Crippen molar-refractivity contribution in [1.82, 2.24) is 15.1 Å². The van der Waals surface area contributed by atoms with E-state index in [2.05, 4.69) is 15.5 Å². The van der Waals surface area contributed by atoms with Crippen molar-refractivity contribution in [2.45, 2.75) is 12.5 Å². The zero-order chi connectivity index (χ0) is 17.8. The average Bonchev–Trinajstić information content (AvgIpc) is 3.07. The lowest BCUT2D eigenvalue weighted by Gasteiger charge is -2.18. The van der Waals surface area contributed by atoms with Gasteiger partial charge in [-0.3, -0.25) is 0 Å². The van der Waals surface area contributed by atoms with Crippen LogP contribution in [-0.4, -0.2) is 47.4 Å². The molecule has 0 aliphatic carbocycles. The van der Waals surface area contributed by atoms with Gasteiger partial charge < -0.3 is 19.7 Å². The van der Waals surface area contributed by atoms with Gasteiger partial charge in [-0.25, -0.2) is 13.6 Å². The van der Waals surface area contributed by atoms with Gasteiger partial charge in [-0.15, -0.1) is 10.2 Å². The summed E-state index contributed by atoms with van der Waals surface area (Å²) in [6.07, 6.45) is 0.292. The Bertz CT molecular complexity index is 737. The average molecular weight is 350 g/mol. The van der Waals surface area contributed by atoms with Crippen molar-refractivity contribution in [1.29, 1.82) is 0 Å². The van der Waals surface area contributed by atoms with Crippen molar-refractivity contribution >= 4 is 11.7 Å². The summed E-state index contributed by atoms with van der Waals surface area (Å²) in [4.78, 5) is 13.6. The van der Waals surface area contributed by atoms with Crippen molar-refractivity contribution in [2.24, 2.45) is 0 Å². The molecule has 2 aromatic rings. The van der Waals surface area contributed by atoms with Gasteiger partial charge in [0.05, 0.1) is 13.7 Å². The number of nitrogens with one attached hydrogen (secondary N) is 1. The Morgan fingerprint density at radius 3 is 2.52 bits per heavy atom. The van der Waals surface area contributed by atoms with Gasteiger partial charge in [0.1, 0.15) is 23.4 Å². The van der Waals surface area contributed by atoms with Gasteiger partial charge in [-0.05, 0) is 12.1 Å². The van der Waals surface area contributed by atoms with E-state index in [0.29, 0.717) is 24.7 Å². The van der Waals surface area contributed by atoms with E-state index in [1.165, 1.54) is 18.1 Å². The maximum atomic E-state index is 13.6. The predicted octanol–water partition coefficient (Wildman–Crippen LogP) is 2.45. The first-order valence-corrected chi connectivity index (χ1v) is 7.61. The van der Waals surface area contributed by atoms with Crippen LogP contribution in [-0.2, 0) is 0 Å². The molecule has 0 radical (unpaired) electrons. The second-order valence-corrected chi connectivity index (χ2v) is 5.42. The van der Waals surface area contributed by atoms with Crippen LogP contribution in [0.5, 0.6) is 11.8 Å². The Balaban J connectivity index is 1.57. The Labute approximate surface area is 142 Å². The molecule has 3 rings (SSSR count). The van der Waals surface area contributed by atoms with Crippen LogP contribution in [0.15, 0.2) is 30.3 Å². The number of rotatable bonds is 4. The van der Waals surface area contributed by atoms with E-state index in [4.69, 9.17) is 9.47 Å². The number of aromatic nitrogens is 2. The van der Waals surface area contributed by atoms with Crippen molar-refractivity contribution in [3.8, 4) is 11.8 Å². The number of anilines is 1. The molecule has 0 bridgehead atoms. The second kappa shape index (κ2) is 7.29. The molecule has 0 saturated carbocycles. The van der Waals surface area contributed by atoms with Crippen LogP contribution in [0.3, 0.4) is 0 Å². The number of para-hydroxylation sites is 1. The van der Waals surface area contributed by atoms with E-state index >= 15 is 0 Å². The molecule has 132 valence electrons. The molecule has 1 aliphatic rings. The number of amides is 2. The van der Waals surface area contributed by atoms with Crippen molar-refractivity contribution in [3.05, 3.63) is 42.0 Å². The maximum Gasteiger partial charge on any atom is 0.322 e. The van der Waals surface area contributed by atoms with E-state index in [0.717, 1.165) is 12.1 Å². The normalized spacial score (nSPS) is 16.6. The molecule has 1 N–H and O–H groups in total. The van der Waals surface area contributed by atoms with Crippen molar-refractivity contribution in [2.75, 3.05) is 25.5 Å². The largest absolute Gasteiger partial charge is 0.480 e. The molecule has 9 heteroatoms. The molecule has 1 unspecified atom stereocenters. The lowest BCUT2D eigenvalue weighted by atomic mass is 10.3.